The van der Waals surface area contributed by atoms with Crippen LogP contribution in [-0.2, 0) is 10.8 Å². The Bertz CT molecular complexity index is 1090. The highest BCUT2D eigenvalue weighted by Crippen LogP contribution is 2.45. The first kappa shape index (κ1) is 20.8. The summed E-state index contributed by atoms with van der Waals surface area (Å²) in [4.78, 5) is 2.52. The van der Waals surface area contributed by atoms with Crippen molar-refractivity contribution in [3.63, 3.8) is 0 Å². The fourth-order valence-corrected chi connectivity index (χ4v) is 4.63. The van der Waals surface area contributed by atoms with E-state index in [4.69, 9.17) is 0 Å². The van der Waals surface area contributed by atoms with E-state index in [-0.39, 0.29) is 10.8 Å². The Labute approximate surface area is 185 Å². The first-order chi connectivity index (χ1) is 14.0. The minimum atomic E-state index is 0.0913. The van der Waals surface area contributed by atoms with Gasteiger partial charge in [-0.25, -0.2) is 0 Å². The Hall–Kier alpha value is -2.45. The first-order valence-corrected chi connectivity index (χ1v) is 11.4. The van der Waals surface area contributed by atoms with E-state index in [0.717, 1.165) is 16.8 Å². The number of benzene rings is 3. The van der Waals surface area contributed by atoms with E-state index in [1.807, 2.05) is 11.8 Å². The van der Waals surface area contributed by atoms with Crippen molar-refractivity contribution in [3.05, 3.63) is 89.5 Å². The van der Waals surface area contributed by atoms with Crippen molar-refractivity contribution in [2.75, 3.05) is 5.32 Å². The van der Waals surface area contributed by atoms with Crippen LogP contribution in [0.1, 0.15) is 63.8 Å². The largest absolute Gasteiger partial charge is 0.354 e. The predicted molar refractivity (Wildman–Crippen MR) is 132 cm³/mol. The molecular formula is C28H31NS. The van der Waals surface area contributed by atoms with Crippen LogP contribution < -0.4 is 5.32 Å². The number of para-hydroxylation sites is 1. The van der Waals surface area contributed by atoms with Crippen LogP contribution in [0.3, 0.4) is 0 Å². The van der Waals surface area contributed by atoms with Crippen molar-refractivity contribution in [1.82, 2.24) is 0 Å². The lowest BCUT2D eigenvalue weighted by atomic mass is 9.78. The summed E-state index contributed by atoms with van der Waals surface area (Å²) >= 11 is 1.82. The van der Waals surface area contributed by atoms with Crippen LogP contribution in [0.2, 0.25) is 0 Å². The van der Waals surface area contributed by atoms with E-state index in [0.29, 0.717) is 0 Å². The molecule has 0 atom stereocenters. The summed E-state index contributed by atoms with van der Waals surface area (Å²) in [6.45, 7) is 18.2. The van der Waals surface area contributed by atoms with Crippen LogP contribution in [0.5, 0.6) is 0 Å². The first-order valence-electron chi connectivity index (χ1n) is 10.6. The average Bonchev–Trinajstić information content (AvgIpc) is 2.69. The second-order valence-electron chi connectivity index (χ2n) is 10.2. The zero-order valence-electron chi connectivity index (χ0n) is 18.9. The molecule has 0 spiro atoms. The molecule has 1 heterocycles. The normalized spacial score (nSPS) is 13.3. The zero-order valence-corrected chi connectivity index (χ0v) is 19.7. The number of anilines is 2. The lowest BCUT2D eigenvalue weighted by molar-refractivity contribution is 0.568. The molecule has 1 aliphatic heterocycles. The summed E-state index contributed by atoms with van der Waals surface area (Å²) < 4.78 is 0. The summed E-state index contributed by atoms with van der Waals surface area (Å²) in [7, 11) is 0. The van der Waals surface area contributed by atoms with Gasteiger partial charge in [0.05, 0.1) is 11.4 Å². The quantitative estimate of drug-likeness (QED) is 0.353. The van der Waals surface area contributed by atoms with Gasteiger partial charge in [0.1, 0.15) is 0 Å². The standard InChI is InChI=1S/C28H31NS/c1-18(20-14-21(27(2,3)4)17-22(15-20)28(5,6)7)19-12-13-26-24(16-19)29-23-10-8-9-11-25(23)30-26/h8-17,29H,1H2,2-7H3. The maximum Gasteiger partial charge on any atom is 0.0532 e. The second-order valence-corrected chi connectivity index (χ2v) is 11.3. The lowest BCUT2D eigenvalue weighted by Gasteiger charge is -2.27. The molecule has 3 aromatic rings. The second kappa shape index (κ2) is 7.35. The summed E-state index contributed by atoms with van der Waals surface area (Å²) in [5.41, 5.74) is 8.65. The molecule has 1 N–H and O–H groups in total. The van der Waals surface area contributed by atoms with Gasteiger partial charge >= 0.3 is 0 Å². The molecular weight excluding hydrogens is 382 g/mol. The maximum absolute atomic E-state index is 4.50. The number of hydrogen-bond acceptors (Lipinski definition) is 2. The third-order valence-corrected chi connectivity index (χ3v) is 6.87. The van der Waals surface area contributed by atoms with Crippen LogP contribution in [0.25, 0.3) is 5.57 Å². The van der Waals surface area contributed by atoms with Crippen molar-refractivity contribution in [2.45, 2.75) is 62.2 Å². The molecule has 0 radical (unpaired) electrons. The fraction of sp³-hybridized carbons (Fsp3) is 0.286. The van der Waals surface area contributed by atoms with Crippen molar-refractivity contribution < 1.29 is 0 Å². The van der Waals surface area contributed by atoms with E-state index in [1.54, 1.807) is 0 Å². The van der Waals surface area contributed by atoms with Crippen LogP contribution >= 0.6 is 11.8 Å². The van der Waals surface area contributed by atoms with E-state index in [1.165, 1.54) is 32.2 Å². The van der Waals surface area contributed by atoms with Crippen LogP contribution in [0.15, 0.2) is 77.0 Å². The Morgan fingerprint density at radius 1 is 0.700 bits per heavy atom. The van der Waals surface area contributed by atoms with Gasteiger partial charge in [-0.05, 0) is 62.9 Å². The van der Waals surface area contributed by atoms with Crippen LogP contribution in [-0.4, -0.2) is 0 Å². The molecule has 3 aromatic carbocycles. The van der Waals surface area contributed by atoms with E-state index >= 15 is 0 Å². The highest BCUT2D eigenvalue weighted by molar-refractivity contribution is 7.99. The summed E-state index contributed by atoms with van der Waals surface area (Å²) in [6.07, 6.45) is 0. The molecule has 1 nitrogen and oxygen atoms in total. The highest BCUT2D eigenvalue weighted by atomic mass is 32.2. The summed E-state index contributed by atoms with van der Waals surface area (Å²) in [6, 6.07) is 22.1. The Morgan fingerprint density at radius 2 is 1.30 bits per heavy atom. The lowest BCUT2D eigenvalue weighted by Crippen LogP contribution is -2.17. The predicted octanol–water partition coefficient (Wildman–Crippen LogP) is 8.55. The van der Waals surface area contributed by atoms with Gasteiger partial charge in [-0.15, -0.1) is 0 Å². The fourth-order valence-electron chi connectivity index (χ4n) is 3.66. The zero-order chi connectivity index (χ0) is 21.7. The molecule has 0 saturated heterocycles. The Balaban J connectivity index is 1.74. The average molecular weight is 414 g/mol. The van der Waals surface area contributed by atoms with Gasteiger partial charge in [0.25, 0.3) is 0 Å². The van der Waals surface area contributed by atoms with Crippen molar-refractivity contribution in [2.24, 2.45) is 0 Å². The van der Waals surface area contributed by atoms with Gasteiger partial charge in [0.15, 0.2) is 0 Å². The van der Waals surface area contributed by atoms with Crippen LogP contribution in [0.4, 0.5) is 11.4 Å². The third kappa shape index (κ3) is 4.06. The molecule has 0 bridgehead atoms. The van der Waals surface area contributed by atoms with E-state index < -0.39 is 0 Å². The summed E-state index contributed by atoms with van der Waals surface area (Å²) in [5, 5.41) is 3.60. The van der Waals surface area contributed by atoms with Gasteiger partial charge in [0, 0.05) is 9.79 Å². The molecule has 30 heavy (non-hydrogen) atoms. The minimum Gasteiger partial charge on any atom is -0.354 e. The van der Waals surface area contributed by atoms with E-state index in [9.17, 15) is 0 Å². The van der Waals surface area contributed by atoms with Crippen molar-refractivity contribution >= 4 is 28.7 Å². The molecule has 2 heteroatoms. The Kier molecular flexibility index (Phi) is 5.10. The highest BCUT2D eigenvalue weighted by Gasteiger charge is 2.22. The monoisotopic (exact) mass is 413 g/mol. The van der Waals surface area contributed by atoms with Gasteiger partial charge in [-0.2, -0.15) is 0 Å². The summed E-state index contributed by atoms with van der Waals surface area (Å²) in [5.74, 6) is 0. The molecule has 0 fully saturated rings. The third-order valence-electron chi connectivity index (χ3n) is 5.72. The molecule has 4 rings (SSSR count). The smallest absolute Gasteiger partial charge is 0.0532 e. The van der Waals surface area contributed by atoms with Crippen LogP contribution in [0, 0.1) is 0 Å². The van der Waals surface area contributed by atoms with E-state index in [2.05, 4.69) is 114 Å². The SMILES string of the molecule is C=C(c1cc(C(C)(C)C)cc(C(C)(C)C)c1)c1ccc2c(c1)Nc1ccccc1S2. The number of nitrogens with one attached hydrogen (secondary N) is 1. The van der Waals surface area contributed by atoms with Crippen molar-refractivity contribution in [3.8, 4) is 0 Å². The molecule has 1 aliphatic rings. The number of rotatable bonds is 2. The van der Waals surface area contributed by atoms with Gasteiger partial charge < -0.3 is 5.32 Å². The van der Waals surface area contributed by atoms with Gasteiger partial charge in [-0.1, -0.05) is 96.3 Å². The molecule has 0 amide bonds. The number of hydrogen-bond donors (Lipinski definition) is 1. The minimum absolute atomic E-state index is 0.0913. The number of fused-ring (bicyclic) bond motifs is 2. The molecule has 0 saturated carbocycles. The molecule has 154 valence electrons. The molecule has 0 aliphatic carbocycles. The van der Waals surface area contributed by atoms with Gasteiger partial charge in [0.2, 0.25) is 0 Å². The van der Waals surface area contributed by atoms with Crippen molar-refractivity contribution in [1.29, 1.82) is 0 Å². The molecule has 0 aromatic heterocycles. The van der Waals surface area contributed by atoms with Gasteiger partial charge in [-0.3, -0.25) is 0 Å². The maximum atomic E-state index is 4.50. The molecule has 0 unspecified atom stereocenters. The topological polar surface area (TPSA) is 12.0 Å². The Morgan fingerprint density at radius 3 is 1.93 bits per heavy atom.